The first-order valence-corrected chi connectivity index (χ1v) is 4.86. The molecule has 1 aliphatic rings. The first-order chi connectivity index (χ1) is 5.69. The van der Waals surface area contributed by atoms with E-state index in [1.165, 1.54) is 0 Å². The van der Waals surface area contributed by atoms with E-state index in [1.807, 2.05) is 6.92 Å². The van der Waals surface area contributed by atoms with Gasteiger partial charge in [0.05, 0.1) is 0 Å². The molecule has 1 unspecified atom stereocenters. The highest BCUT2D eigenvalue weighted by molar-refractivity contribution is 5.87. The monoisotopic (exact) mass is 170 g/mol. The largest absolute Gasteiger partial charge is 0.368 e. The summed E-state index contributed by atoms with van der Waals surface area (Å²) in [7, 11) is 0. The minimum Gasteiger partial charge on any atom is -0.368 e. The SMILES string of the molecule is CCCCC(=O)C1(C)CCCO1. The molecule has 2 nitrogen and oxygen atoms in total. The number of ether oxygens (including phenoxy) is 1. The van der Waals surface area contributed by atoms with Gasteiger partial charge < -0.3 is 4.74 Å². The molecule has 0 radical (unpaired) electrons. The number of ketones is 1. The fourth-order valence-corrected chi connectivity index (χ4v) is 1.60. The molecule has 0 spiro atoms. The van der Waals surface area contributed by atoms with Crippen molar-refractivity contribution < 1.29 is 9.53 Å². The van der Waals surface area contributed by atoms with Crippen LogP contribution in [0.3, 0.4) is 0 Å². The molecule has 12 heavy (non-hydrogen) atoms. The van der Waals surface area contributed by atoms with Gasteiger partial charge in [0.15, 0.2) is 5.78 Å². The van der Waals surface area contributed by atoms with Gasteiger partial charge >= 0.3 is 0 Å². The van der Waals surface area contributed by atoms with Gasteiger partial charge in [0.25, 0.3) is 0 Å². The van der Waals surface area contributed by atoms with Gasteiger partial charge in [-0.25, -0.2) is 0 Å². The van der Waals surface area contributed by atoms with Gasteiger partial charge in [-0.15, -0.1) is 0 Å². The Bertz CT molecular complexity index is 157. The van der Waals surface area contributed by atoms with Crippen LogP contribution in [0.4, 0.5) is 0 Å². The van der Waals surface area contributed by atoms with Gasteiger partial charge in [-0.1, -0.05) is 13.3 Å². The van der Waals surface area contributed by atoms with Crippen LogP contribution in [0.15, 0.2) is 0 Å². The van der Waals surface area contributed by atoms with E-state index in [0.717, 1.165) is 32.3 Å². The Balaban J connectivity index is 2.39. The molecule has 1 saturated heterocycles. The molecule has 0 bridgehead atoms. The highest BCUT2D eigenvalue weighted by atomic mass is 16.5. The average molecular weight is 170 g/mol. The van der Waals surface area contributed by atoms with Crippen molar-refractivity contribution >= 4 is 5.78 Å². The van der Waals surface area contributed by atoms with Crippen molar-refractivity contribution in [2.24, 2.45) is 0 Å². The van der Waals surface area contributed by atoms with Crippen LogP contribution in [0.2, 0.25) is 0 Å². The molecule has 0 aromatic carbocycles. The molecule has 70 valence electrons. The van der Waals surface area contributed by atoms with E-state index in [2.05, 4.69) is 6.92 Å². The summed E-state index contributed by atoms with van der Waals surface area (Å²) >= 11 is 0. The third-order valence-electron chi connectivity index (χ3n) is 2.57. The Kier molecular flexibility index (Phi) is 3.27. The fourth-order valence-electron chi connectivity index (χ4n) is 1.60. The molecule has 0 saturated carbocycles. The minimum atomic E-state index is -0.435. The molecule has 0 N–H and O–H groups in total. The zero-order valence-electron chi connectivity index (χ0n) is 8.06. The lowest BCUT2D eigenvalue weighted by atomic mass is 9.94. The van der Waals surface area contributed by atoms with Crippen LogP contribution in [-0.2, 0) is 9.53 Å². The molecule has 0 aromatic heterocycles. The molecule has 0 aliphatic carbocycles. The van der Waals surface area contributed by atoms with Crippen LogP contribution in [0, 0.1) is 0 Å². The number of unbranched alkanes of at least 4 members (excludes halogenated alkanes) is 1. The second-order valence-electron chi connectivity index (χ2n) is 3.71. The molecular weight excluding hydrogens is 152 g/mol. The molecule has 1 rings (SSSR count). The maximum absolute atomic E-state index is 11.6. The molecule has 1 atom stereocenters. The number of carbonyl (C=O) groups excluding carboxylic acids is 1. The molecule has 1 fully saturated rings. The van der Waals surface area contributed by atoms with Gasteiger partial charge in [0, 0.05) is 13.0 Å². The number of carbonyl (C=O) groups is 1. The number of Topliss-reactive ketones (excluding diaryl/α,β-unsaturated/α-hetero) is 1. The quantitative estimate of drug-likeness (QED) is 0.647. The maximum atomic E-state index is 11.6. The van der Waals surface area contributed by atoms with Gasteiger partial charge in [0.2, 0.25) is 0 Å². The molecule has 0 amide bonds. The van der Waals surface area contributed by atoms with Gasteiger partial charge in [-0.05, 0) is 26.2 Å². The Labute approximate surface area is 74.3 Å². The second kappa shape index (κ2) is 4.04. The van der Waals surface area contributed by atoms with Gasteiger partial charge in [0.1, 0.15) is 5.60 Å². The van der Waals surface area contributed by atoms with E-state index < -0.39 is 5.60 Å². The summed E-state index contributed by atoms with van der Waals surface area (Å²) in [4.78, 5) is 11.6. The van der Waals surface area contributed by atoms with E-state index in [1.54, 1.807) is 0 Å². The lowest BCUT2D eigenvalue weighted by Gasteiger charge is -2.20. The Hall–Kier alpha value is -0.370. The summed E-state index contributed by atoms with van der Waals surface area (Å²) in [5.74, 6) is 0.293. The highest BCUT2D eigenvalue weighted by Crippen LogP contribution is 2.27. The van der Waals surface area contributed by atoms with Crippen molar-refractivity contribution in [3.8, 4) is 0 Å². The van der Waals surface area contributed by atoms with E-state index in [0.29, 0.717) is 12.2 Å². The van der Waals surface area contributed by atoms with Crippen molar-refractivity contribution in [3.05, 3.63) is 0 Å². The molecule has 0 aromatic rings. The zero-order valence-corrected chi connectivity index (χ0v) is 8.06. The predicted molar refractivity (Wildman–Crippen MR) is 48.1 cm³/mol. The van der Waals surface area contributed by atoms with Crippen LogP contribution in [0.5, 0.6) is 0 Å². The van der Waals surface area contributed by atoms with E-state index in [-0.39, 0.29) is 0 Å². The van der Waals surface area contributed by atoms with E-state index in [9.17, 15) is 4.79 Å². The van der Waals surface area contributed by atoms with Crippen LogP contribution < -0.4 is 0 Å². The van der Waals surface area contributed by atoms with Crippen LogP contribution in [-0.4, -0.2) is 18.0 Å². The number of hydrogen-bond donors (Lipinski definition) is 0. The summed E-state index contributed by atoms with van der Waals surface area (Å²) in [5.41, 5.74) is -0.435. The van der Waals surface area contributed by atoms with Crippen molar-refractivity contribution in [1.82, 2.24) is 0 Å². The second-order valence-corrected chi connectivity index (χ2v) is 3.71. The number of hydrogen-bond acceptors (Lipinski definition) is 2. The highest BCUT2D eigenvalue weighted by Gasteiger charge is 2.36. The van der Waals surface area contributed by atoms with Crippen LogP contribution >= 0.6 is 0 Å². The van der Waals surface area contributed by atoms with Gasteiger partial charge in [-0.2, -0.15) is 0 Å². The third kappa shape index (κ3) is 2.07. The summed E-state index contributed by atoms with van der Waals surface area (Å²) < 4.78 is 5.45. The topological polar surface area (TPSA) is 26.3 Å². The molecular formula is C10H18O2. The van der Waals surface area contributed by atoms with Crippen molar-refractivity contribution in [1.29, 1.82) is 0 Å². The number of rotatable bonds is 4. The standard InChI is InChI=1S/C10H18O2/c1-3-4-6-9(11)10(2)7-5-8-12-10/h3-8H2,1-2H3. The summed E-state index contributed by atoms with van der Waals surface area (Å²) in [6, 6.07) is 0. The summed E-state index contributed by atoms with van der Waals surface area (Å²) in [5, 5.41) is 0. The van der Waals surface area contributed by atoms with Crippen LogP contribution in [0.1, 0.15) is 46.0 Å². The summed E-state index contributed by atoms with van der Waals surface area (Å²) in [6.07, 6.45) is 4.72. The maximum Gasteiger partial charge on any atom is 0.164 e. The molecule has 2 heteroatoms. The van der Waals surface area contributed by atoms with E-state index in [4.69, 9.17) is 4.74 Å². The fraction of sp³-hybridized carbons (Fsp3) is 0.900. The Morgan fingerprint density at radius 1 is 1.58 bits per heavy atom. The minimum absolute atomic E-state index is 0.293. The average Bonchev–Trinajstić information content (AvgIpc) is 2.49. The normalized spacial score (nSPS) is 29.2. The first-order valence-electron chi connectivity index (χ1n) is 4.86. The van der Waals surface area contributed by atoms with E-state index >= 15 is 0 Å². The Morgan fingerprint density at radius 2 is 2.33 bits per heavy atom. The van der Waals surface area contributed by atoms with Crippen LogP contribution in [0.25, 0.3) is 0 Å². The molecule has 1 aliphatic heterocycles. The summed E-state index contributed by atoms with van der Waals surface area (Å²) in [6.45, 7) is 4.79. The predicted octanol–water partition coefficient (Wildman–Crippen LogP) is 2.31. The third-order valence-corrected chi connectivity index (χ3v) is 2.57. The van der Waals surface area contributed by atoms with Gasteiger partial charge in [-0.3, -0.25) is 4.79 Å². The lowest BCUT2D eigenvalue weighted by molar-refractivity contribution is -0.137. The first kappa shape index (κ1) is 9.72. The smallest absolute Gasteiger partial charge is 0.164 e. The Morgan fingerprint density at radius 3 is 2.83 bits per heavy atom. The lowest BCUT2D eigenvalue weighted by Crippen LogP contribution is -2.33. The van der Waals surface area contributed by atoms with Crippen molar-refractivity contribution in [3.63, 3.8) is 0 Å². The van der Waals surface area contributed by atoms with Crippen molar-refractivity contribution in [2.45, 2.75) is 51.6 Å². The molecule has 1 heterocycles. The van der Waals surface area contributed by atoms with Crippen molar-refractivity contribution in [2.75, 3.05) is 6.61 Å². The zero-order chi connectivity index (χ0) is 9.03.